The highest BCUT2D eigenvalue weighted by Gasteiger charge is 2.11. The Hall–Kier alpha value is -0.760. The van der Waals surface area contributed by atoms with Gasteiger partial charge in [-0.25, -0.2) is 0 Å². The Kier molecular flexibility index (Phi) is 3.25. The number of rotatable bonds is 2. The average molecular weight is 207 g/mol. The van der Waals surface area contributed by atoms with E-state index in [0.717, 1.165) is 0 Å². The van der Waals surface area contributed by atoms with Gasteiger partial charge in [-0.2, -0.15) is 0 Å². The molecule has 1 aliphatic rings. The lowest BCUT2D eigenvalue weighted by Gasteiger charge is -2.27. The Morgan fingerprint density at radius 2 is 2.00 bits per heavy atom. The van der Waals surface area contributed by atoms with E-state index in [1.807, 2.05) is 11.3 Å². The first kappa shape index (κ1) is 9.78. The third-order valence-electron chi connectivity index (χ3n) is 2.61. The largest absolute Gasteiger partial charge is 0.363 e. The molecule has 0 amide bonds. The Labute approximate surface area is 90.1 Å². The maximum atomic E-state index is 2.52. The van der Waals surface area contributed by atoms with Crippen LogP contribution in [0.15, 0.2) is 18.2 Å². The van der Waals surface area contributed by atoms with Crippen LogP contribution in [-0.4, -0.2) is 13.1 Å². The molecule has 14 heavy (non-hydrogen) atoms. The van der Waals surface area contributed by atoms with Gasteiger partial charge < -0.3 is 4.90 Å². The molecule has 2 heteroatoms. The summed E-state index contributed by atoms with van der Waals surface area (Å²) < 4.78 is 0. The highest BCUT2D eigenvalue weighted by molar-refractivity contribution is 7.16. The molecule has 0 aliphatic carbocycles. The van der Waals surface area contributed by atoms with Crippen molar-refractivity contribution in [2.45, 2.75) is 26.2 Å². The molecule has 76 valence electrons. The Morgan fingerprint density at radius 1 is 1.21 bits per heavy atom. The highest BCUT2D eigenvalue weighted by atomic mass is 32.1. The van der Waals surface area contributed by atoms with Gasteiger partial charge in [0, 0.05) is 18.0 Å². The van der Waals surface area contributed by atoms with Crippen molar-refractivity contribution < 1.29 is 0 Å². The molecule has 1 aromatic rings. The molecule has 2 heterocycles. The van der Waals surface area contributed by atoms with Gasteiger partial charge in [-0.1, -0.05) is 6.08 Å². The molecule has 1 fully saturated rings. The van der Waals surface area contributed by atoms with E-state index in [0.29, 0.717) is 0 Å². The first-order chi connectivity index (χ1) is 6.90. The number of hydrogen-bond donors (Lipinski definition) is 0. The van der Waals surface area contributed by atoms with Crippen molar-refractivity contribution in [3.8, 4) is 0 Å². The minimum absolute atomic E-state index is 1.25. The van der Waals surface area contributed by atoms with E-state index >= 15 is 0 Å². The number of nitrogens with zero attached hydrogens (tertiary/aromatic N) is 1. The van der Waals surface area contributed by atoms with Crippen LogP contribution in [0.2, 0.25) is 0 Å². The molecule has 0 aromatic carbocycles. The SMILES string of the molecule is C/C=C/c1ccc(N2CCCCC2)s1. The second kappa shape index (κ2) is 4.65. The van der Waals surface area contributed by atoms with E-state index < -0.39 is 0 Å². The summed E-state index contributed by atoms with van der Waals surface area (Å²) in [4.78, 5) is 3.88. The van der Waals surface area contributed by atoms with Crippen LogP contribution in [0, 0.1) is 0 Å². The maximum absolute atomic E-state index is 2.52. The minimum Gasteiger partial charge on any atom is -0.363 e. The van der Waals surface area contributed by atoms with Crippen LogP contribution in [0.1, 0.15) is 31.1 Å². The zero-order chi connectivity index (χ0) is 9.80. The summed E-state index contributed by atoms with van der Waals surface area (Å²) in [5.74, 6) is 0. The van der Waals surface area contributed by atoms with Gasteiger partial charge in [0.05, 0.1) is 5.00 Å². The summed E-state index contributed by atoms with van der Waals surface area (Å²) in [6.07, 6.45) is 8.40. The highest BCUT2D eigenvalue weighted by Crippen LogP contribution is 2.29. The summed E-state index contributed by atoms with van der Waals surface area (Å²) in [6.45, 7) is 4.56. The zero-order valence-corrected chi connectivity index (χ0v) is 9.52. The van der Waals surface area contributed by atoms with E-state index in [1.165, 1.54) is 42.2 Å². The third kappa shape index (κ3) is 2.18. The van der Waals surface area contributed by atoms with Crippen LogP contribution < -0.4 is 4.90 Å². The van der Waals surface area contributed by atoms with Crippen molar-refractivity contribution in [3.63, 3.8) is 0 Å². The number of hydrogen-bond acceptors (Lipinski definition) is 2. The van der Waals surface area contributed by atoms with Gasteiger partial charge in [-0.15, -0.1) is 11.3 Å². The molecule has 1 aromatic heterocycles. The summed E-state index contributed by atoms with van der Waals surface area (Å²) in [7, 11) is 0. The predicted molar refractivity (Wildman–Crippen MR) is 65.1 cm³/mol. The smallest absolute Gasteiger partial charge is 0.0914 e. The third-order valence-corrected chi connectivity index (χ3v) is 3.72. The normalized spacial score (nSPS) is 17.9. The van der Waals surface area contributed by atoms with E-state index in [4.69, 9.17) is 0 Å². The van der Waals surface area contributed by atoms with E-state index in [1.54, 1.807) is 0 Å². The van der Waals surface area contributed by atoms with Gasteiger partial charge >= 0.3 is 0 Å². The molecule has 1 nitrogen and oxygen atoms in total. The molecule has 0 radical (unpaired) electrons. The standard InChI is InChI=1S/C12H17NS/c1-2-6-11-7-8-12(14-11)13-9-4-3-5-10-13/h2,6-8H,3-5,9-10H2,1H3/b6-2+. The average Bonchev–Trinajstić information content (AvgIpc) is 2.68. The van der Waals surface area contributed by atoms with Crippen molar-refractivity contribution in [2.24, 2.45) is 0 Å². The molecule has 2 rings (SSSR count). The monoisotopic (exact) mass is 207 g/mol. The first-order valence-corrected chi connectivity index (χ1v) is 6.19. The lowest BCUT2D eigenvalue weighted by Crippen LogP contribution is -2.28. The first-order valence-electron chi connectivity index (χ1n) is 5.37. The second-order valence-corrected chi connectivity index (χ2v) is 4.82. The molecule has 1 aliphatic heterocycles. The Balaban J connectivity index is 2.07. The van der Waals surface area contributed by atoms with Crippen LogP contribution in [0.5, 0.6) is 0 Å². The Morgan fingerprint density at radius 3 is 2.71 bits per heavy atom. The van der Waals surface area contributed by atoms with Crippen molar-refractivity contribution in [2.75, 3.05) is 18.0 Å². The molecule has 0 bridgehead atoms. The molecule has 0 N–H and O–H groups in total. The van der Waals surface area contributed by atoms with E-state index in [2.05, 4.69) is 36.1 Å². The second-order valence-electron chi connectivity index (χ2n) is 3.72. The number of piperidine rings is 1. The number of anilines is 1. The topological polar surface area (TPSA) is 3.24 Å². The maximum Gasteiger partial charge on any atom is 0.0914 e. The number of thiophene rings is 1. The predicted octanol–water partition coefficient (Wildman–Crippen LogP) is 3.77. The summed E-state index contributed by atoms with van der Waals surface area (Å²) >= 11 is 1.90. The fourth-order valence-electron chi connectivity index (χ4n) is 1.88. The molecule has 1 saturated heterocycles. The molecule has 0 unspecified atom stereocenters. The summed E-state index contributed by atoms with van der Waals surface area (Å²) in [5, 5.41) is 1.44. The fourth-order valence-corrected chi connectivity index (χ4v) is 2.91. The van der Waals surface area contributed by atoms with Gasteiger partial charge in [0.25, 0.3) is 0 Å². The van der Waals surface area contributed by atoms with Gasteiger partial charge in [0.15, 0.2) is 0 Å². The van der Waals surface area contributed by atoms with Crippen molar-refractivity contribution in [3.05, 3.63) is 23.1 Å². The van der Waals surface area contributed by atoms with Crippen LogP contribution in [-0.2, 0) is 0 Å². The molecule has 0 spiro atoms. The van der Waals surface area contributed by atoms with Crippen LogP contribution >= 0.6 is 11.3 Å². The van der Waals surface area contributed by atoms with Crippen LogP contribution in [0.3, 0.4) is 0 Å². The lowest BCUT2D eigenvalue weighted by atomic mass is 10.1. The zero-order valence-electron chi connectivity index (χ0n) is 8.70. The lowest BCUT2D eigenvalue weighted by molar-refractivity contribution is 0.580. The molecular weight excluding hydrogens is 190 g/mol. The van der Waals surface area contributed by atoms with Crippen molar-refractivity contribution in [1.82, 2.24) is 0 Å². The molecular formula is C12H17NS. The van der Waals surface area contributed by atoms with Crippen molar-refractivity contribution in [1.29, 1.82) is 0 Å². The molecule has 0 saturated carbocycles. The minimum atomic E-state index is 1.25. The van der Waals surface area contributed by atoms with Crippen molar-refractivity contribution >= 4 is 22.4 Å². The summed E-state index contributed by atoms with van der Waals surface area (Å²) in [5.41, 5.74) is 0. The quantitative estimate of drug-likeness (QED) is 0.713. The van der Waals surface area contributed by atoms with Gasteiger partial charge in [0.2, 0.25) is 0 Å². The van der Waals surface area contributed by atoms with Crippen LogP contribution in [0.4, 0.5) is 5.00 Å². The van der Waals surface area contributed by atoms with Crippen LogP contribution in [0.25, 0.3) is 6.08 Å². The molecule has 0 atom stereocenters. The Bertz CT molecular complexity index is 308. The van der Waals surface area contributed by atoms with Gasteiger partial charge in [0.1, 0.15) is 0 Å². The van der Waals surface area contributed by atoms with Gasteiger partial charge in [-0.05, 0) is 44.4 Å². The summed E-state index contributed by atoms with van der Waals surface area (Å²) in [6, 6.07) is 4.47. The van der Waals surface area contributed by atoms with E-state index in [-0.39, 0.29) is 0 Å². The number of allylic oxidation sites excluding steroid dienone is 1. The van der Waals surface area contributed by atoms with E-state index in [9.17, 15) is 0 Å². The van der Waals surface area contributed by atoms with Gasteiger partial charge in [-0.3, -0.25) is 0 Å². The fraction of sp³-hybridized carbons (Fsp3) is 0.500.